The summed E-state index contributed by atoms with van der Waals surface area (Å²) in [6, 6.07) is 4.11. The number of hydrogen-bond donors (Lipinski definition) is 1. The number of piperazine rings is 1. The maximum absolute atomic E-state index is 5.42. The lowest BCUT2D eigenvalue weighted by Gasteiger charge is -2.52. The van der Waals surface area contributed by atoms with E-state index < -0.39 is 0 Å². The number of aromatic nitrogens is 1. The minimum atomic E-state index is 0.142. The average molecular weight is 291 g/mol. The Morgan fingerprint density at radius 1 is 1.33 bits per heavy atom. The first-order valence-corrected chi connectivity index (χ1v) is 7.94. The maximum atomic E-state index is 5.42. The van der Waals surface area contributed by atoms with Crippen LogP contribution >= 0.6 is 0 Å². The van der Waals surface area contributed by atoms with Gasteiger partial charge in [-0.2, -0.15) is 0 Å². The second kappa shape index (κ2) is 6.32. The van der Waals surface area contributed by atoms with E-state index >= 15 is 0 Å². The monoisotopic (exact) mass is 291 g/mol. The van der Waals surface area contributed by atoms with Gasteiger partial charge in [-0.1, -0.05) is 19.9 Å². The van der Waals surface area contributed by atoms with Crippen LogP contribution in [-0.2, 0) is 6.54 Å². The van der Waals surface area contributed by atoms with E-state index in [-0.39, 0.29) is 11.1 Å². The highest BCUT2D eigenvalue weighted by Crippen LogP contribution is 2.32. The summed E-state index contributed by atoms with van der Waals surface area (Å²) in [4.78, 5) is 6.95. The minimum absolute atomic E-state index is 0.142. The normalized spacial score (nSPS) is 21.2. The lowest BCUT2D eigenvalue weighted by atomic mass is 9.84. The topological polar surface area (TPSA) is 37.4 Å². The van der Waals surface area contributed by atoms with Crippen molar-refractivity contribution in [2.24, 2.45) is 0 Å². The van der Waals surface area contributed by atoms with E-state index in [2.05, 4.69) is 49.0 Å². The highest BCUT2D eigenvalue weighted by Gasteiger charge is 2.41. The third-order valence-corrected chi connectivity index (χ3v) is 4.87. The fourth-order valence-electron chi connectivity index (χ4n) is 3.32. The Balaban J connectivity index is 2.28. The van der Waals surface area contributed by atoms with E-state index in [9.17, 15) is 0 Å². The first kappa shape index (κ1) is 16.2. The molecule has 2 heterocycles. The van der Waals surface area contributed by atoms with Crippen molar-refractivity contribution in [1.82, 2.24) is 15.2 Å². The Bertz CT molecular complexity index is 469. The molecule has 1 N–H and O–H groups in total. The van der Waals surface area contributed by atoms with E-state index in [0.717, 1.165) is 38.4 Å². The highest BCUT2D eigenvalue weighted by atomic mass is 16.5. The Morgan fingerprint density at radius 2 is 2.05 bits per heavy atom. The Morgan fingerprint density at radius 3 is 2.67 bits per heavy atom. The first-order chi connectivity index (χ1) is 9.96. The smallest absolute Gasteiger partial charge is 0.217 e. The Labute approximate surface area is 128 Å². The summed E-state index contributed by atoms with van der Waals surface area (Å²) < 4.78 is 5.42. The second-order valence-electron chi connectivity index (χ2n) is 6.70. The predicted molar refractivity (Wildman–Crippen MR) is 86.6 cm³/mol. The van der Waals surface area contributed by atoms with Crippen molar-refractivity contribution >= 4 is 0 Å². The zero-order chi connectivity index (χ0) is 15.5. The van der Waals surface area contributed by atoms with Gasteiger partial charge in [0.05, 0.1) is 7.11 Å². The molecule has 0 bridgehead atoms. The SMILES string of the molecule is CCC1(CC)CNC(C)(C)CN1Cc1cccnc1OC. The van der Waals surface area contributed by atoms with Gasteiger partial charge in [-0.25, -0.2) is 4.98 Å². The van der Waals surface area contributed by atoms with E-state index in [1.54, 1.807) is 13.3 Å². The zero-order valence-corrected chi connectivity index (χ0v) is 14.1. The van der Waals surface area contributed by atoms with Crippen LogP contribution in [0.2, 0.25) is 0 Å². The lowest BCUT2D eigenvalue weighted by Crippen LogP contribution is -2.67. The van der Waals surface area contributed by atoms with Crippen LogP contribution in [0, 0.1) is 0 Å². The summed E-state index contributed by atoms with van der Waals surface area (Å²) in [5, 5.41) is 3.71. The van der Waals surface area contributed by atoms with Gasteiger partial charge in [-0.15, -0.1) is 0 Å². The number of ether oxygens (including phenoxy) is 1. The molecule has 0 unspecified atom stereocenters. The van der Waals surface area contributed by atoms with Crippen LogP contribution in [0.25, 0.3) is 0 Å². The largest absolute Gasteiger partial charge is 0.481 e. The molecule has 0 saturated carbocycles. The van der Waals surface area contributed by atoms with Crippen LogP contribution in [0.5, 0.6) is 5.88 Å². The van der Waals surface area contributed by atoms with Gasteiger partial charge < -0.3 is 10.1 Å². The molecule has 0 radical (unpaired) electrons. The molecule has 1 aromatic heterocycles. The minimum Gasteiger partial charge on any atom is -0.481 e. The molecular formula is C17H29N3O. The summed E-state index contributed by atoms with van der Waals surface area (Å²) in [7, 11) is 1.69. The van der Waals surface area contributed by atoms with Gasteiger partial charge in [0.2, 0.25) is 5.88 Å². The summed E-state index contributed by atoms with van der Waals surface area (Å²) in [5.74, 6) is 0.745. The number of nitrogens with zero attached hydrogens (tertiary/aromatic N) is 2. The molecule has 1 saturated heterocycles. The molecule has 0 aromatic carbocycles. The molecule has 2 rings (SSSR count). The van der Waals surface area contributed by atoms with Gasteiger partial charge in [0.25, 0.3) is 0 Å². The quantitative estimate of drug-likeness (QED) is 0.905. The summed E-state index contributed by atoms with van der Waals surface area (Å²) in [5.41, 5.74) is 1.53. The highest BCUT2D eigenvalue weighted by molar-refractivity contribution is 5.26. The predicted octanol–water partition coefficient (Wildman–Crippen LogP) is 2.83. The van der Waals surface area contributed by atoms with E-state index in [1.165, 1.54) is 5.56 Å². The summed E-state index contributed by atoms with van der Waals surface area (Å²) in [6.07, 6.45) is 4.08. The van der Waals surface area contributed by atoms with Crippen LogP contribution in [0.4, 0.5) is 0 Å². The summed E-state index contributed by atoms with van der Waals surface area (Å²) >= 11 is 0. The molecule has 0 aliphatic carbocycles. The van der Waals surface area contributed by atoms with Crippen LogP contribution in [0.15, 0.2) is 18.3 Å². The molecule has 4 heteroatoms. The van der Waals surface area contributed by atoms with Crippen molar-refractivity contribution in [3.05, 3.63) is 23.9 Å². The second-order valence-corrected chi connectivity index (χ2v) is 6.70. The van der Waals surface area contributed by atoms with Crippen molar-refractivity contribution in [2.45, 2.75) is 58.2 Å². The third-order valence-electron chi connectivity index (χ3n) is 4.87. The number of rotatable bonds is 5. The van der Waals surface area contributed by atoms with Crippen LogP contribution in [-0.4, -0.2) is 41.2 Å². The molecule has 1 aliphatic heterocycles. The first-order valence-electron chi connectivity index (χ1n) is 7.94. The van der Waals surface area contributed by atoms with Crippen LogP contribution in [0.1, 0.15) is 46.1 Å². The number of hydrogen-bond acceptors (Lipinski definition) is 4. The van der Waals surface area contributed by atoms with Crippen molar-refractivity contribution in [3.8, 4) is 5.88 Å². The Kier molecular flexibility index (Phi) is 4.89. The molecule has 0 amide bonds. The van der Waals surface area contributed by atoms with Gasteiger partial charge in [0.1, 0.15) is 0 Å². The van der Waals surface area contributed by atoms with Crippen LogP contribution < -0.4 is 10.1 Å². The molecule has 118 valence electrons. The van der Waals surface area contributed by atoms with Gasteiger partial charge in [-0.3, -0.25) is 4.90 Å². The van der Waals surface area contributed by atoms with Crippen molar-refractivity contribution in [3.63, 3.8) is 0 Å². The van der Waals surface area contributed by atoms with E-state index in [4.69, 9.17) is 4.74 Å². The van der Waals surface area contributed by atoms with Gasteiger partial charge in [0.15, 0.2) is 0 Å². The zero-order valence-electron chi connectivity index (χ0n) is 14.1. The summed E-state index contributed by atoms with van der Waals surface area (Å²) in [6.45, 7) is 12.1. The van der Waals surface area contributed by atoms with Crippen molar-refractivity contribution in [2.75, 3.05) is 20.2 Å². The molecule has 1 aliphatic rings. The van der Waals surface area contributed by atoms with Gasteiger partial charge >= 0.3 is 0 Å². The Hall–Kier alpha value is -1.13. The van der Waals surface area contributed by atoms with Gasteiger partial charge in [0, 0.05) is 42.5 Å². The van der Waals surface area contributed by atoms with E-state index in [0.29, 0.717) is 0 Å². The molecule has 1 aromatic rings. The number of nitrogens with one attached hydrogen (secondary N) is 1. The van der Waals surface area contributed by atoms with E-state index in [1.807, 2.05) is 6.07 Å². The van der Waals surface area contributed by atoms with Gasteiger partial charge in [-0.05, 0) is 32.8 Å². The molecule has 0 spiro atoms. The molecule has 4 nitrogen and oxygen atoms in total. The number of methoxy groups -OCH3 is 1. The van der Waals surface area contributed by atoms with Crippen molar-refractivity contribution in [1.29, 1.82) is 0 Å². The molecule has 1 fully saturated rings. The fraction of sp³-hybridized carbons (Fsp3) is 0.706. The average Bonchev–Trinajstić information content (AvgIpc) is 2.48. The van der Waals surface area contributed by atoms with Crippen molar-refractivity contribution < 1.29 is 4.74 Å². The standard InChI is InChI=1S/C17H29N3O/c1-6-17(7-2)12-19-16(3,4)13-20(17)11-14-9-8-10-18-15(14)21-5/h8-10,19H,6-7,11-13H2,1-5H3. The maximum Gasteiger partial charge on any atom is 0.217 e. The number of pyridine rings is 1. The lowest BCUT2D eigenvalue weighted by molar-refractivity contribution is 0.00178. The molecule has 0 atom stereocenters. The molecular weight excluding hydrogens is 262 g/mol. The third kappa shape index (κ3) is 3.38. The molecule has 21 heavy (non-hydrogen) atoms. The van der Waals surface area contributed by atoms with Crippen LogP contribution in [0.3, 0.4) is 0 Å². The fourth-order valence-corrected chi connectivity index (χ4v) is 3.32.